The van der Waals surface area contributed by atoms with Crippen LogP contribution in [0.15, 0.2) is 30.3 Å². The summed E-state index contributed by atoms with van der Waals surface area (Å²) in [5.74, 6) is -3.70. The van der Waals surface area contributed by atoms with Crippen molar-refractivity contribution in [2.45, 2.75) is 50.9 Å². The Morgan fingerprint density at radius 2 is 1.87 bits per heavy atom. The Balaban J connectivity index is 2.09. The van der Waals surface area contributed by atoms with E-state index in [0.717, 1.165) is 5.56 Å². The van der Waals surface area contributed by atoms with Gasteiger partial charge in [0.25, 0.3) is 0 Å². The van der Waals surface area contributed by atoms with E-state index in [2.05, 4.69) is 5.32 Å². The quantitative estimate of drug-likeness (QED) is 0.214. The summed E-state index contributed by atoms with van der Waals surface area (Å²) in [7, 11) is -4.56. The Morgan fingerprint density at radius 3 is 2.35 bits per heavy atom. The van der Waals surface area contributed by atoms with Crippen molar-refractivity contribution in [3.63, 3.8) is 0 Å². The maximum atomic E-state index is 13.1. The summed E-state index contributed by atoms with van der Waals surface area (Å²) in [4.78, 5) is 36.6. The molecule has 1 aromatic rings. The van der Waals surface area contributed by atoms with Crippen LogP contribution < -0.4 is 11.1 Å². The second kappa shape index (κ2) is 10.3. The van der Waals surface area contributed by atoms with E-state index in [9.17, 15) is 24.2 Å². The van der Waals surface area contributed by atoms with Crippen LogP contribution in [-0.4, -0.2) is 57.2 Å². The Hall–Kier alpha value is -2.42. The van der Waals surface area contributed by atoms with E-state index in [-0.39, 0.29) is 38.3 Å². The van der Waals surface area contributed by atoms with Gasteiger partial charge in [0.1, 0.15) is 5.78 Å². The summed E-state index contributed by atoms with van der Waals surface area (Å²) in [6.45, 7) is 3.52. The van der Waals surface area contributed by atoms with Gasteiger partial charge in [-0.25, -0.2) is 4.79 Å². The summed E-state index contributed by atoms with van der Waals surface area (Å²) in [5, 5.41) is 19.8. The fourth-order valence-electron chi connectivity index (χ4n) is 3.52. The first-order valence-electron chi connectivity index (χ1n) is 10.2. The van der Waals surface area contributed by atoms with Crippen LogP contribution >= 0.6 is 7.60 Å². The number of benzene rings is 1. The van der Waals surface area contributed by atoms with Crippen LogP contribution in [0.1, 0.15) is 38.7 Å². The highest BCUT2D eigenvalue weighted by atomic mass is 31.2. The van der Waals surface area contributed by atoms with Crippen LogP contribution in [0.5, 0.6) is 0 Å². The van der Waals surface area contributed by atoms with Gasteiger partial charge in [-0.05, 0) is 17.9 Å². The molecule has 1 fully saturated rings. The van der Waals surface area contributed by atoms with E-state index in [0.29, 0.717) is 6.42 Å². The number of hydrogen-bond donors (Lipinski definition) is 5. The van der Waals surface area contributed by atoms with Gasteiger partial charge >= 0.3 is 13.6 Å². The number of carboxylic acids is 1. The van der Waals surface area contributed by atoms with Gasteiger partial charge in [0.05, 0.1) is 0 Å². The van der Waals surface area contributed by atoms with Gasteiger partial charge in [-0.15, -0.1) is 0 Å². The Kier molecular flexibility index (Phi) is 8.22. The third-order valence-electron chi connectivity index (χ3n) is 5.38. The molecule has 2 unspecified atom stereocenters. The number of carbonyl (C=O) groups excluding carboxylic acids is 1. The van der Waals surface area contributed by atoms with Crippen LogP contribution in [0.4, 0.5) is 0 Å². The topological polar surface area (TPSA) is 166 Å². The molecule has 31 heavy (non-hydrogen) atoms. The van der Waals surface area contributed by atoms with Crippen molar-refractivity contribution >= 4 is 25.4 Å². The molecule has 2 rings (SSSR count). The largest absolute Gasteiger partial charge is 0.479 e. The molecule has 0 aromatic heterocycles. The lowest BCUT2D eigenvalue weighted by Gasteiger charge is -2.40. The van der Waals surface area contributed by atoms with Gasteiger partial charge in [-0.1, -0.05) is 44.2 Å². The standard InChI is InChI=1S/C20H31N4O6P/c1-14(2)17(23-16(25)9-8-15-6-4-3-5-7-15)31(28,29)30-20(18(26)27)10-12-24(13-11-20)19(21)22/h3-7,14,17H,8-13H2,1-2H3,(H3,21,22)(H,23,25)(H,26,27)(H,28,29). The average molecular weight is 454 g/mol. The van der Waals surface area contributed by atoms with Crippen LogP contribution in [0.3, 0.4) is 0 Å². The van der Waals surface area contributed by atoms with Gasteiger partial charge in [0.15, 0.2) is 11.6 Å². The minimum absolute atomic E-state index is 0.109. The predicted octanol–water partition coefficient (Wildman–Crippen LogP) is 1.73. The summed E-state index contributed by atoms with van der Waals surface area (Å²) in [5.41, 5.74) is 4.51. The molecule has 10 nitrogen and oxygen atoms in total. The number of likely N-dealkylation sites (tertiary alicyclic amines) is 1. The lowest BCUT2D eigenvalue weighted by Crippen LogP contribution is -2.54. The Morgan fingerprint density at radius 1 is 1.29 bits per heavy atom. The zero-order chi connectivity index (χ0) is 23.2. The van der Waals surface area contributed by atoms with Crippen molar-refractivity contribution in [1.29, 1.82) is 5.41 Å². The first-order valence-corrected chi connectivity index (χ1v) is 11.8. The van der Waals surface area contributed by atoms with Crippen LogP contribution in [0.2, 0.25) is 0 Å². The average Bonchev–Trinajstić information content (AvgIpc) is 2.70. The first kappa shape index (κ1) is 24.8. The third kappa shape index (κ3) is 6.53. The summed E-state index contributed by atoms with van der Waals surface area (Å²) < 4.78 is 18.5. The molecule has 0 saturated carbocycles. The second-order valence-electron chi connectivity index (χ2n) is 8.07. The van der Waals surface area contributed by atoms with E-state index >= 15 is 0 Å². The SMILES string of the molecule is CC(C)C(NC(=O)CCc1ccccc1)P(=O)(O)OC1(C(=O)O)CCN(C(=N)N)CC1. The van der Waals surface area contributed by atoms with Crippen LogP contribution in [0.25, 0.3) is 0 Å². The number of aliphatic carboxylic acids is 1. The lowest BCUT2D eigenvalue weighted by atomic mass is 9.92. The zero-order valence-electron chi connectivity index (χ0n) is 17.8. The number of nitrogens with one attached hydrogen (secondary N) is 2. The molecule has 1 amide bonds. The van der Waals surface area contributed by atoms with Gasteiger partial charge in [-0.2, -0.15) is 0 Å². The van der Waals surface area contributed by atoms with Crippen molar-refractivity contribution < 1.29 is 28.7 Å². The van der Waals surface area contributed by atoms with Gasteiger partial charge in [0, 0.05) is 32.4 Å². The summed E-state index contributed by atoms with van der Waals surface area (Å²) in [6.07, 6.45) is 0.358. The number of guanidine groups is 1. The van der Waals surface area contributed by atoms with Crippen molar-refractivity contribution in [2.75, 3.05) is 13.1 Å². The number of aryl methyl sites for hydroxylation is 1. The molecular weight excluding hydrogens is 423 g/mol. The van der Waals surface area contributed by atoms with Gasteiger partial charge in [-0.3, -0.25) is 19.3 Å². The Bertz CT molecular complexity index is 839. The number of carboxylic acid groups (broad SMARTS) is 1. The van der Waals surface area contributed by atoms with E-state index in [1.807, 2.05) is 30.3 Å². The van der Waals surface area contributed by atoms with Gasteiger partial charge < -0.3 is 26.0 Å². The molecule has 1 aliphatic rings. The normalized spacial score (nSPS) is 18.8. The zero-order valence-corrected chi connectivity index (χ0v) is 18.7. The fourth-order valence-corrected chi connectivity index (χ4v) is 5.46. The van der Waals surface area contributed by atoms with Gasteiger partial charge in [0.2, 0.25) is 5.91 Å². The van der Waals surface area contributed by atoms with E-state index in [4.69, 9.17) is 15.7 Å². The highest BCUT2D eigenvalue weighted by Gasteiger charge is 2.50. The van der Waals surface area contributed by atoms with E-state index in [1.165, 1.54) is 4.90 Å². The molecule has 1 aromatic carbocycles. The number of hydrogen-bond acceptors (Lipinski definition) is 5. The number of amides is 1. The fraction of sp³-hybridized carbons (Fsp3) is 0.550. The first-order chi connectivity index (χ1) is 14.5. The highest BCUT2D eigenvalue weighted by Crippen LogP contribution is 2.54. The molecular formula is C20H31N4O6P. The molecule has 11 heteroatoms. The molecule has 1 aliphatic heterocycles. The van der Waals surface area contributed by atoms with Crippen LogP contribution in [0, 0.1) is 11.3 Å². The van der Waals surface area contributed by atoms with Crippen molar-refractivity contribution in [1.82, 2.24) is 10.2 Å². The lowest BCUT2D eigenvalue weighted by molar-refractivity contribution is -0.160. The maximum Gasteiger partial charge on any atom is 0.351 e. The van der Waals surface area contributed by atoms with E-state index in [1.54, 1.807) is 13.8 Å². The number of nitrogens with zero attached hydrogens (tertiary/aromatic N) is 1. The van der Waals surface area contributed by atoms with Crippen molar-refractivity contribution in [2.24, 2.45) is 11.7 Å². The van der Waals surface area contributed by atoms with Crippen molar-refractivity contribution in [3.05, 3.63) is 35.9 Å². The number of rotatable bonds is 9. The summed E-state index contributed by atoms with van der Waals surface area (Å²) >= 11 is 0. The molecule has 1 heterocycles. The maximum absolute atomic E-state index is 13.1. The monoisotopic (exact) mass is 454 g/mol. The number of carbonyl (C=O) groups is 2. The van der Waals surface area contributed by atoms with E-state index < -0.39 is 36.8 Å². The minimum atomic E-state index is -4.56. The number of nitrogens with two attached hydrogens (primary N) is 1. The number of piperidine rings is 1. The Labute approximate surface area is 181 Å². The molecule has 0 aliphatic carbocycles. The summed E-state index contributed by atoms with van der Waals surface area (Å²) in [6, 6.07) is 9.37. The minimum Gasteiger partial charge on any atom is -0.479 e. The van der Waals surface area contributed by atoms with Crippen LogP contribution in [-0.2, 0) is 25.1 Å². The van der Waals surface area contributed by atoms with Crippen molar-refractivity contribution in [3.8, 4) is 0 Å². The molecule has 0 radical (unpaired) electrons. The third-order valence-corrected chi connectivity index (χ3v) is 7.42. The highest BCUT2D eigenvalue weighted by molar-refractivity contribution is 7.53. The molecule has 2 atom stereocenters. The molecule has 172 valence electrons. The molecule has 1 saturated heterocycles. The predicted molar refractivity (Wildman–Crippen MR) is 116 cm³/mol. The smallest absolute Gasteiger partial charge is 0.351 e. The molecule has 0 bridgehead atoms. The second-order valence-corrected chi connectivity index (χ2v) is 9.94. The molecule has 6 N–H and O–H groups in total. The molecule has 0 spiro atoms.